The summed E-state index contributed by atoms with van der Waals surface area (Å²) in [6.45, 7) is 2.10. The van der Waals surface area contributed by atoms with E-state index < -0.39 is 12.0 Å². The molecule has 6 nitrogen and oxygen atoms in total. The Morgan fingerprint density at radius 2 is 2.10 bits per heavy atom. The van der Waals surface area contributed by atoms with Crippen molar-refractivity contribution in [3.63, 3.8) is 0 Å². The molecule has 0 saturated heterocycles. The number of hydrogen-bond donors (Lipinski definition) is 3. The van der Waals surface area contributed by atoms with Gasteiger partial charge in [-0.05, 0) is 30.7 Å². The van der Waals surface area contributed by atoms with Gasteiger partial charge in [0.2, 0.25) is 0 Å². The molecule has 0 aliphatic rings. The van der Waals surface area contributed by atoms with E-state index in [1.165, 1.54) is 6.07 Å². The molecule has 0 unspecified atom stereocenters. The van der Waals surface area contributed by atoms with Crippen molar-refractivity contribution in [2.24, 2.45) is 0 Å². The Bertz CT molecular complexity index is 656. The van der Waals surface area contributed by atoms with Gasteiger partial charge in [0.1, 0.15) is 0 Å². The largest absolute Gasteiger partial charge is 0.478 e. The van der Waals surface area contributed by atoms with E-state index >= 15 is 0 Å². The van der Waals surface area contributed by atoms with Crippen LogP contribution in [-0.2, 0) is 6.54 Å². The van der Waals surface area contributed by atoms with Crippen molar-refractivity contribution in [2.45, 2.75) is 13.5 Å². The first-order valence-corrected chi connectivity index (χ1v) is 6.34. The fourth-order valence-electron chi connectivity index (χ4n) is 1.80. The molecule has 108 valence electrons. The number of nitrogens with zero attached hydrogens (tertiary/aromatic N) is 1. The fourth-order valence-corrected chi connectivity index (χ4v) is 1.80. The van der Waals surface area contributed by atoms with Crippen LogP contribution in [0.5, 0.6) is 0 Å². The number of urea groups is 1. The van der Waals surface area contributed by atoms with Gasteiger partial charge in [0.05, 0.1) is 11.3 Å². The summed E-state index contributed by atoms with van der Waals surface area (Å²) in [5.41, 5.74) is 1.99. The first kappa shape index (κ1) is 14.5. The SMILES string of the molecule is Cc1ccc(NC(=O)NCc2cccnc2)c(C(=O)O)c1. The molecule has 0 saturated carbocycles. The lowest BCUT2D eigenvalue weighted by Gasteiger charge is -2.10. The number of aromatic nitrogens is 1. The number of amides is 2. The molecule has 0 radical (unpaired) electrons. The van der Waals surface area contributed by atoms with Gasteiger partial charge in [0.15, 0.2) is 0 Å². The number of carboxylic acid groups (broad SMARTS) is 1. The molecule has 0 atom stereocenters. The van der Waals surface area contributed by atoms with Gasteiger partial charge in [0.25, 0.3) is 0 Å². The van der Waals surface area contributed by atoms with Crippen molar-refractivity contribution >= 4 is 17.7 Å². The molecule has 2 amide bonds. The number of carbonyl (C=O) groups excluding carboxylic acids is 1. The summed E-state index contributed by atoms with van der Waals surface area (Å²) < 4.78 is 0. The van der Waals surface area contributed by atoms with Crippen molar-refractivity contribution in [1.82, 2.24) is 10.3 Å². The summed E-state index contributed by atoms with van der Waals surface area (Å²) in [5.74, 6) is -1.08. The van der Waals surface area contributed by atoms with Crippen LogP contribution in [0.3, 0.4) is 0 Å². The van der Waals surface area contributed by atoms with E-state index in [4.69, 9.17) is 5.11 Å². The number of carboxylic acids is 1. The Morgan fingerprint density at radius 3 is 2.76 bits per heavy atom. The molecule has 1 aromatic heterocycles. The highest BCUT2D eigenvalue weighted by atomic mass is 16.4. The monoisotopic (exact) mass is 285 g/mol. The van der Waals surface area contributed by atoms with Crippen molar-refractivity contribution in [3.05, 3.63) is 59.4 Å². The second-order valence-corrected chi connectivity index (χ2v) is 4.52. The van der Waals surface area contributed by atoms with Gasteiger partial charge in [-0.3, -0.25) is 4.98 Å². The highest BCUT2D eigenvalue weighted by Crippen LogP contribution is 2.17. The smallest absolute Gasteiger partial charge is 0.337 e. The minimum Gasteiger partial charge on any atom is -0.478 e. The van der Waals surface area contributed by atoms with Gasteiger partial charge >= 0.3 is 12.0 Å². The highest BCUT2D eigenvalue weighted by Gasteiger charge is 2.12. The average Bonchev–Trinajstić information content (AvgIpc) is 2.48. The third-order valence-electron chi connectivity index (χ3n) is 2.83. The van der Waals surface area contributed by atoms with Gasteiger partial charge in [-0.2, -0.15) is 0 Å². The molecule has 0 fully saturated rings. The molecule has 1 aromatic carbocycles. The molecule has 2 aromatic rings. The van der Waals surface area contributed by atoms with Gasteiger partial charge in [-0.15, -0.1) is 0 Å². The van der Waals surface area contributed by atoms with Gasteiger partial charge < -0.3 is 15.7 Å². The summed E-state index contributed by atoms with van der Waals surface area (Å²) in [6, 6.07) is 7.97. The molecule has 21 heavy (non-hydrogen) atoms. The molecule has 1 heterocycles. The van der Waals surface area contributed by atoms with Crippen LogP contribution in [0, 0.1) is 6.92 Å². The standard InChI is InChI=1S/C15H15N3O3/c1-10-4-5-13(12(7-10)14(19)20)18-15(21)17-9-11-3-2-6-16-8-11/h2-8H,9H2,1H3,(H,19,20)(H2,17,18,21). The Hall–Kier alpha value is -2.89. The number of aromatic carboxylic acids is 1. The van der Waals surface area contributed by atoms with Crippen LogP contribution >= 0.6 is 0 Å². The number of nitrogens with one attached hydrogen (secondary N) is 2. The maximum absolute atomic E-state index is 11.8. The number of hydrogen-bond acceptors (Lipinski definition) is 3. The number of aryl methyl sites for hydroxylation is 1. The number of anilines is 1. The molecular weight excluding hydrogens is 270 g/mol. The quantitative estimate of drug-likeness (QED) is 0.804. The van der Waals surface area contributed by atoms with Crippen molar-refractivity contribution in [1.29, 1.82) is 0 Å². The molecular formula is C15H15N3O3. The van der Waals surface area contributed by atoms with Crippen molar-refractivity contribution in [2.75, 3.05) is 5.32 Å². The van der Waals surface area contributed by atoms with E-state index in [9.17, 15) is 9.59 Å². The van der Waals surface area contributed by atoms with E-state index in [0.717, 1.165) is 11.1 Å². The minimum absolute atomic E-state index is 0.0616. The van der Waals surface area contributed by atoms with Gasteiger partial charge in [-0.1, -0.05) is 17.7 Å². The predicted molar refractivity (Wildman–Crippen MR) is 78.2 cm³/mol. The topological polar surface area (TPSA) is 91.3 Å². The van der Waals surface area contributed by atoms with Crippen LogP contribution < -0.4 is 10.6 Å². The van der Waals surface area contributed by atoms with E-state index in [0.29, 0.717) is 6.54 Å². The number of rotatable bonds is 4. The lowest BCUT2D eigenvalue weighted by Crippen LogP contribution is -2.29. The number of benzene rings is 1. The highest BCUT2D eigenvalue weighted by molar-refractivity contribution is 6.00. The van der Waals surface area contributed by atoms with Crippen molar-refractivity contribution < 1.29 is 14.7 Å². The Balaban J connectivity index is 2.01. The third-order valence-corrected chi connectivity index (χ3v) is 2.83. The van der Waals surface area contributed by atoms with Crippen LogP contribution in [0.15, 0.2) is 42.7 Å². The molecule has 0 aliphatic carbocycles. The minimum atomic E-state index is -1.08. The van der Waals surface area contributed by atoms with E-state index in [1.807, 2.05) is 6.07 Å². The van der Waals surface area contributed by atoms with Crippen LogP contribution in [0.1, 0.15) is 21.5 Å². The van der Waals surface area contributed by atoms with E-state index in [1.54, 1.807) is 37.5 Å². The first-order chi connectivity index (χ1) is 10.1. The third kappa shape index (κ3) is 4.04. The zero-order chi connectivity index (χ0) is 15.2. The Labute approximate surface area is 121 Å². The van der Waals surface area contributed by atoms with E-state index in [2.05, 4.69) is 15.6 Å². The summed E-state index contributed by atoms with van der Waals surface area (Å²) in [4.78, 5) is 26.9. The molecule has 0 bridgehead atoms. The summed E-state index contributed by atoms with van der Waals surface area (Å²) in [6.07, 6.45) is 3.30. The molecule has 6 heteroatoms. The summed E-state index contributed by atoms with van der Waals surface area (Å²) in [7, 11) is 0. The molecule has 2 rings (SSSR count). The number of carbonyl (C=O) groups is 2. The molecule has 0 spiro atoms. The second kappa shape index (κ2) is 6.51. The van der Waals surface area contributed by atoms with Gasteiger partial charge in [-0.25, -0.2) is 9.59 Å². The molecule has 0 aliphatic heterocycles. The van der Waals surface area contributed by atoms with Crippen LogP contribution in [0.4, 0.5) is 10.5 Å². The van der Waals surface area contributed by atoms with Crippen LogP contribution in [-0.4, -0.2) is 22.1 Å². The zero-order valence-electron chi connectivity index (χ0n) is 11.5. The Kier molecular flexibility index (Phi) is 4.50. The van der Waals surface area contributed by atoms with Crippen LogP contribution in [0.2, 0.25) is 0 Å². The lowest BCUT2D eigenvalue weighted by molar-refractivity contribution is 0.0698. The number of pyridine rings is 1. The maximum atomic E-state index is 11.8. The lowest BCUT2D eigenvalue weighted by atomic mass is 10.1. The molecule has 3 N–H and O–H groups in total. The van der Waals surface area contributed by atoms with E-state index in [-0.39, 0.29) is 11.3 Å². The summed E-state index contributed by atoms with van der Waals surface area (Å²) >= 11 is 0. The van der Waals surface area contributed by atoms with Crippen LogP contribution in [0.25, 0.3) is 0 Å². The predicted octanol–water partition coefficient (Wildman–Crippen LogP) is 2.41. The average molecular weight is 285 g/mol. The zero-order valence-corrected chi connectivity index (χ0v) is 11.5. The second-order valence-electron chi connectivity index (χ2n) is 4.52. The van der Waals surface area contributed by atoms with Gasteiger partial charge in [0, 0.05) is 18.9 Å². The fraction of sp³-hybridized carbons (Fsp3) is 0.133. The Morgan fingerprint density at radius 1 is 1.29 bits per heavy atom. The summed E-state index contributed by atoms with van der Waals surface area (Å²) in [5, 5.41) is 14.3. The first-order valence-electron chi connectivity index (χ1n) is 6.34. The van der Waals surface area contributed by atoms with Crippen molar-refractivity contribution in [3.8, 4) is 0 Å². The normalized spacial score (nSPS) is 9.95. The maximum Gasteiger partial charge on any atom is 0.337 e.